The van der Waals surface area contributed by atoms with Crippen LogP contribution in [0, 0.1) is 0 Å². The Morgan fingerprint density at radius 2 is 1.00 bits per heavy atom. The van der Waals surface area contributed by atoms with Crippen LogP contribution in [0.2, 0.25) is 0 Å². The van der Waals surface area contributed by atoms with Gasteiger partial charge in [0.05, 0.1) is 7.11 Å². The number of amides is 2. The number of nitrogens with one attached hydrogen (secondary N) is 2. The third-order valence-corrected chi connectivity index (χ3v) is 8.74. The van der Waals surface area contributed by atoms with Crippen LogP contribution in [0.5, 0.6) is 0 Å². The smallest absolute Gasteiger partial charge is 0.328 e. The Labute approximate surface area is 294 Å². The fourth-order valence-electron chi connectivity index (χ4n) is 6.11. The van der Waals surface area contributed by atoms with Gasteiger partial charge in [-0.1, -0.05) is 158 Å². The average molecular weight is 669 g/mol. The molecule has 0 aliphatic heterocycles. The van der Waals surface area contributed by atoms with E-state index >= 15 is 0 Å². The summed E-state index contributed by atoms with van der Waals surface area (Å²) < 4.78 is 4.97. The molecule has 5 aromatic rings. The van der Waals surface area contributed by atoms with E-state index in [1.165, 1.54) is 7.11 Å². The zero-order chi connectivity index (χ0) is 35.0. The van der Waals surface area contributed by atoms with E-state index in [2.05, 4.69) is 10.8 Å². The molecule has 0 unspecified atom stereocenters. The predicted molar refractivity (Wildman–Crippen MR) is 196 cm³/mol. The van der Waals surface area contributed by atoms with E-state index in [1.807, 2.05) is 146 Å². The maximum Gasteiger partial charge on any atom is 0.328 e. The van der Waals surface area contributed by atoms with E-state index in [-0.39, 0.29) is 24.7 Å². The molecule has 0 radical (unpaired) electrons. The first-order valence-corrected chi connectivity index (χ1v) is 17.1. The standard InChI is InChI=1S/C43H44N2O5/c1-49-42(48)39(32-33-28-30-35(31-29-33)34-18-8-4-9-19-34)44-40(46)26-16-2-3-17-27-41(47)45-50-43(36-20-10-5-11-21-36,37-22-12-6-13-23-37)38-24-14-7-15-25-38/h4-15,18-25,28-31,39H,2-3,16-17,26-27,32H2,1H3,(H,44,46)(H,45,47)/t39-/m0/s1. The van der Waals surface area contributed by atoms with Gasteiger partial charge in [0.1, 0.15) is 6.04 Å². The lowest BCUT2D eigenvalue weighted by Gasteiger charge is -2.35. The summed E-state index contributed by atoms with van der Waals surface area (Å²) >= 11 is 0. The second-order valence-corrected chi connectivity index (χ2v) is 12.2. The van der Waals surface area contributed by atoms with E-state index in [0.29, 0.717) is 19.3 Å². The summed E-state index contributed by atoms with van der Waals surface area (Å²) in [5.41, 5.74) is 7.51. The number of hydroxylamine groups is 1. The minimum atomic E-state index is -1.04. The highest BCUT2D eigenvalue weighted by molar-refractivity contribution is 5.84. The van der Waals surface area contributed by atoms with Crippen molar-refractivity contribution in [3.05, 3.63) is 168 Å². The number of unbranched alkanes of at least 4 members (excludes halogenated alkanes) is 3. The number of esters is 1. The lowest BCUT2D eigenvalue weighted by Crippen LogP contribution is -2.43. The van der Waals surface area contributed by atoms with E-state index in [9.17, 15) is 14.4 Å². The van der Waals surface area contributed by atoms with Crippen molar-refractivity contribution in [1.29, 1.82) is 0 Å². The van der Waals surface area contributed by atoms with Crippen LogP contribution in [0.3, 0.4) is 0 Å². The van der Waals surface area contributed by atoms with Gasteiger partial charge in [-0.05, 0) is 46.2 Å². The summed E-state index contributed by atoms with van der Waals surface area (Å²) in [5.74, 6) is -0.895. The van der Waals surface area contributed by atoms with E-state index in [1.54, 1.807) is 0 Å². The largest absolute Gasteiger partial charge is 0.467 e. The van der Waals surface area contributed by atoms with Crippen molar-refractivity contribution in [3.63, 3.8) is 0 Å². The Morgan fingerprint density at radius 1 is 0.560 bits per heavy atom. The first kappa shape index (κ1) is 35.8. The normalized spacial score (nSPS) is 11.7. The quantitative estimate of drug-likeness (QED) is 0.0454. The fraction of sp³-hybridized carbons (Fsp3) is 0.233. The molecule has 7 heteroatoms. The topological polar surface area (TPSA) is 93.7 Å². The molecule has 5 rings (SSSR count). The summed E-state index contributed by atoms with van der Waals surface area (Å²) in [6.07, 6.45) is 3.74. The van der Waals surface area contributed by atoms with Gasteiger partial charge >= 0.3 is 5.97 Å². The molecule has 1 atom stereocenters. The average Bonchev–Trinajstić information content (AvgIpc) is 3.17. The first-order valence-electron chi connectivity index (χ1n) is 17.1. The van der Waals surface area contributed by atoms with Crippen LogP contribution in [0.1, 0.15) is 60.8 Å². The lowest BCUT2D eigenvalue weighted by atomic mass is 9.80. The zero-order valence-electron chi connectivity index (χ0n) is 28.4. The molecular weight excluding hydrogens is 624 g/mol. The summed E-state index contributed by atoms with van der Waals surface area (Å²) in [6.45, 7) is 0. The number of carbonyl (C=O) groups excluding carboxylic acids is 3. The molecule has 2 N–H and O–H groups in total. The van der Waals surface area contributed by atoms with Crippen LogP contribution in [0.4, 0.5) is 0 Å². The number of ether oxygens (including phenoxy) is 1. The number of hydrogen-bond donors (Lipinski definition) is 2. The number of rotatable bonds is 17. The van der Waals surface area contributed by atoms with Gasteiger partial charge in [-0.2, -0.15) is 0 Å². The molecule has 0 aliphatic rings. The number of carbonyl (C=O) groups is 3. The molecule has 5 aromatic carbocycles. The Kier molecular flexibility index (Phi) is 13.1. The van der Waals surface area contributed by atoms with Crippen LogP contribution in [-0.2, 0) is 36.0 Å². The third-order valence-electron chi connectivity index (χ3n) is 8.74. The minimum Gasteiger partial charge on any atom is -0.467 e. The van der Waals surface area contributed by atoms with E-state index in [0.717, 1.165) is 46.2 Å². The minimum absolute atomic E-state index is 0.202. The molecule has 0 fully saturated rings. The highest BCUT2D eigenvalue weighted by Gasteiger charge is 2.39. The molecule has 256 valence electrons. The molecule has 0 aromatic heterocycles. The Balaban J connectivity index is 1.08. The second kappa shape index (κ2) is 18.3. The maximum absolute atomic E-state index is 13.0. The first-order chi connectivity index (χ1) is 24.5. The van der Waals surface area contributed by atoms with Gasteiger partial charge in [0.25, 0.3) is 0 Å². The van der Waals surface area contributed by atoms with Crippen molar-refractivity contribution in [2.75, 3.05) is 7.11 Å². The molecule has 0 aliphatic carbocycles. The number of benzene rings is 5. The molecule has 0 saturated carbocycles. The van der Waals surface area contributed by atoms with Crippen LogP contribution in [-0.4, -0.2) is 30.9 Å². The Morgan fingerprint density at radius 3 is 1.48 bits per heavy atom. The van der Waals surface area contributed by atoms with Gasteiger partial charge in [0, 0.05) is 19.3 Å². The summed E-state index contributed by atoms with van der Waals surface area (Å²) in [7, 11) is 1.33. The number of hydrogen-bond acceptors (Lipinski definition) is 5. The molecule has 7 nitrogen and oxygen atoms in total. The molecule has 0 spiro atoms. The van der Waals surface area contributed by atoms with Crippen molar-refractivity contribution in [1.82, 2.24) is 10.8 Å². The molecular formula is C43H44N2O5. The summed E-state index contributed by atoms with van der Waals surface area (Å²) in [6, 6.07) is 46.9. The highest BCUT2D eigenvalue weighted by Crippen LogP contribution is 2.39. The Bertz CT molecular complexity index is 1680. The molecule has 0 bridgehead atoms. The van der Waals surface area contributed by atoms with Crippen molar-refractivity contribution < 1.29 is 24.0 Å². The highest BCUT2D eigenvalue weighted by atomic mass is 16.7. The molecule has 2 amide bonds. The van der Waals surface area contributed by atoms with Crippen LogP contribution < -0.4 is 10.8 Å². The van der Waals surface area contributed by atoms with Crippen molar-refractivity contribution in [3.8, 4) is 11.1 Å². The van der Waals surface area contributed by atoms with Gasteiger partial charge in [0.2, 0.25) is 11.8 Å². The second-order valence-electron chi connectivity index (χ2n) is 12.2. The van der Waals surface area contributed by atoms with Gasteiger partial charge < -0.3 is 10.1 Å². The zero-order valence-corrected chi connectivity index (χ0v) is 28.4. The molecule has 0 saturated heterocycles. The van der Waals surface area contributed by atoms with Gasteiger partial charge in [-0.15, -0.1) is 0 Å². The van der Waals surface area contributed by atoms with E-state index in [4.69, 9.17) is 9.57 Å². The summed E-state index contributed by atoms with van der Waals surface area (Å²) in [4.78, 5) is 44.7. The molecule has 50 heavy (non-hydrogen) atoms. The lowest BCUT2D eigenvalue weighted by molar-refractivity contribution is -0.145. The van der Waals surface area contributed by atoms with E-state index < -0.39 is 17.6 Å². The monoisotopic (exact) mass is 668 g/mol. The van der Waals surface area contributed by atoms with Crippen molar-refractivity contribution >= 4 is 17.8 Å². The van der Waals surface area contributed by atoms with Crippen LogP contribution >= 0.6 is 0 Å². The Hall–Kier alpha value is -5.53. The van der Waals surface area contributed by atoms with Gasteiger partial charge in [0.15, 0.2) is 5.60 Å². The summed E-state index contributed by atoms with van der Waals surface area (Å²) in [5, 5.41) is 2.85. The van der Waals surface area contributed by atoms with Crippen LogP contribution in [0.15, 0.2) is 146 Å². The molecule has 0 heterocycles. The fourth-order valence-corrected chi connectivity index (χ4v) is 6.11. The van der Waals surface area contributed by atoms with Crippen LogP contribution in [0.25, 0.3) is 11.1 Å². The van der Waals surface area contributed by atoms with Gasteiger partial charge in [-0.3, -0.25) is 14.4 Å². The predicted octanol–water partition coefficient (Wildman–Crippen LogP) is 7.93. The SMILES string of the molecule is COC(=O)[C@H](Cc1ccc(-c2ccccc2)cc1)NC(=O)CCCCCCC(=O)NOC(c1ccccc1)(c1ccccc1)c1ccccc1. The third kappa shape index (κ3) is 9.55. The van der Waals surface area contributed by atoms with Gasteiger partial charge in [-0.25, -0.2) is 10.3 Å². The van der Waals surface area contributed by atoms with Crippen molar-refractivity contribution in [2.24, 2.45) is 0 Å². The maximum atomic E-state index is 13.0. The number of methoxy groups -OCH3 is 1. The van der Waals surface area contributed by atoms with Crippen molar-refractivity contribution in [2.45, 2.75) is 56.6 Å².